The fraction of sp³-hybridized carbons (Fsp3) is 0.154. The SMILES string of the molecule is CCOc1ccc2c(c1)O/C(=C\c1cccc(OCC)c1OC(=O)c1ccccc1Cl)C2=O. The topological polar surface area (TPSA) is 71.1 Å². The molecule has 3 aromatic carbocycles. The van der Waals surface area contributed by atoms with Crippen LogP contribution in [-0.4, -0.2) is 25.0 Å². The van der Waals surface area contributed by atoms with E-state index in [-0.39, 0.29) is 27.9 Å². The number of halogens is 1. The quantitative estimate of drug-likeness (QED) is 0.243. The molecule has 0 bridgehead atoms. The van der Waals surface area contributed by atoms with Gasteiger partial charge in [0.25, 0.3) is 0 Å². The monoisotopic (exact) mass is 464 g/mol. The van der Waals surface area contributed by atoms with E-state index >= 15 is 0 Å². The summed E-state index contributed by atoms with van der Waals surface area (Å²) in [6, 6.07) is 16.8. The van der Waals surface area contributed by atoms with Crippen molar-refractivity contribution in [1.29, 1.82) is 0 Å². The van der Waals surface area contributed by atoms with E-state index in [0.717, 1.165) is 0 Å². The lowest BCUT2D eigenvalue weighted by atomic mass is 10.1. The number of esters is 1. The molecule has 0 aliphatic carbocycles. The minimum absolute atomic E-state index is 0.0994. The predicted molar refractivity (Wildman–Crippen MR) is 125 cm³/mol. The third-order valence-corrected chi connectivity index (χ3v) is 5.17. The molecule has 0 saturated carbocycles. The Balaban J connectivity index is 1.70. The first-order valence-corrected chi connectivity index (χ1v) is 10.8. The summed E-state index contributed by atoms with van der Waals surface area (Å²) in [7, 11) is 0. The van der Waals surface area contributed by atoms with Crippen LogP contribution in [0, 0.1) is 0 Å². The summed E-state index contributed by atoms with van der Waals surface area (Å²) in [5, 5.41) is 0.270. The molecule has 0 saturated heterocycles. The third kappa shape index (κ3) is 4.71. The normalized spacial score (nSPS) is 13.4. The van der Waals surface area contributed by atoms with Crippen LogP contribution in [0.4, 0.5) is 0 Å². The van der Waals surface area contributed by atoms with E-state index in [9.17, 15) is 9.59 Å². The summed E-state index contributed by atoms with van der Waals surface area (Å²) in [6.45, 7) is 4.56. The van der Waals surface area contributed by atoms with Crippen LogP contribution in [0.3, 0.4) is 0 Å². The van der Waals surface area contributed by atoms with Crippen LogP contribution in [0.2, 0.25) is 5.02 Å². The Morgan fingerprint density at radius 2 is 1.79 bits per heavy atom. The highest BCUT2D eigenvalue weighted by molar-refractivity contribution is 6.33. The van der Waals surface area contributed by atoms with Gasteiger partial charge in [0.2, 0.25) is 5.78 Å². The Bertz CT molecular complexity index is 1250. The van der Waals surface area contributed by atoms with Gasteiger partial charge in [-0.3, -0.25) is 4.79 Å². The van der Waals surface area contributed by atoms with E-state index in [4.69, 9.17) is 30.5 Å². The molecule has 0 atom stereocenters. The van der Waals surface area contributed by atoms with Gasteiger partial charge in [0.15, 0.2) is 17.3 Å². The first kappa shape index (κ1) is 22.4. The molecule has 0 fully saturated rings. The van der Waals surface area contributed by atoms with Crippen molar-refractivity contribution in [2.24, 2.45) is 0 Å². The zero-order valence-electron chi connectivity index (χ0n) is 18.1. The summed E-state index contributed by atoms with van der Waals surface area (Å²) < 4.78 is 22.6. The molecule has 7 heteroatoms. The van der Waals surface area contributed by atoms with Crippen LogP contribution in [0.25, 0.3) is 6.08 Å². The smallest absolute Gasteiger partial charge is 0.345 e. The Hall–Kier alpha value is -3.77. The van der Waals surface area contributed by atoms with E-state index in [1.54, 1.807) is 60.7 Å². The fourth-order valence-corrected chi connectivity index (χ4v) is 3.58. The number of rotatable bonds is 7. The number of ether oxygens (including phenoxy) is 4. The lowest BCUT2D eigenvalue weighted by molar-refractivity contribution is 0.0728. The molecule has 0 spiro atoms. The molecular formula is C26H21ClO6. The van der Waals surface area contributed by atoms with Crippen molar-refractivity contribution in [3.05, 3.63) is 88.1 Å². The second-order valence-electron chi connectivity index (χ2n) is 7.01. The van der Waals surface area contributed by atoms with Gasteiger partial charge in [-0.1, -0.05) is 35.9 Å². The van der Waals surface area contributed by atoms with Gasteiger partial charge >= 0.3 is 5.97 Å². The Labute approximate surface area is 196 Å². The van der Waals surface area contributed by atoms with Crippen LogP contribution < -0.4 is 18.9 Å². The van der Waals surface area contributed by atoms with Gasteiger partial charge in [-0.15, -0.1) is 0 Å². The number of fused-ring (bicyclic) bond motifs is 1. The summed E-state index contributed by atoms with van der Waals surface area (Å²) in [5.74, 6) is 0.718. The highest BCUT2D eigenvalue weighted by Crippen LogP contribution is 2.38. The molecule has 0 aromatic heterocycles. The van der Waals surface area contributed by atoms with Crippen molar-refractivity contribution < 1.29 is 28.5 Å². The van der Waals surface area contributed by atoms with E-state index in [2.05, 4.69) is 0 Å². The number of carbonyl (C=O) groups excluding carboxylic acids is 2. The van der Waals surface area contributed by atoms with Crippen LogP contribution in [0.5, 0.6) is 23.0 Å². The number of benzene rings is 3. The molecular weight excluding hydrogens is 444 g/mol. The number of hydrogen-bond donors (Lipinski definition) is 0. The number of ketones is 1. The van der Waals surface area contributed by atoms with Crippen LogP contribution in [-0.2, 0) is 0 Å². The van der Waals surface area contributed by atoms with Gasteiger partial charge in [-0.2, -0.15) is 0 Å². The van der Waals surface area contributed by atoms with Crippen LogP contribution in [0.15, 0.2) is 66.4 Å². The minimum Gasteiger partial charge on any atom is -0.494 e. The highest BCUT2D eigenvalue weighted by Gasteiger charge is 2.29. The molecule has 0 N–H and O–H groups in total. The first-order valence-electron chi connectivity index (χ1n) is 10.5. The largest absolute Gasteiger partial charge is 0.494 e. The molecule has 6 nitrogen and oxygen atoms in total. The zero-order valence-corrected chi connectivity index (χ0v) is 18.8. The Kier molecular flexibility index (Phi) is 6.66. The van der Waals surface area contributed by atoms with Gasteiger partial charge in [0.1, 0.15) is 11.5 Å². The van der Waals surface area contributed by atoms with Crippen molar-refractivity contribution in [2.75, 3.05) is 13.2 Å². The van der Waals surface area contributed by atoms with Gasteiger partial charge < -0.3 is 18.9 Å². The van der Waals surface area contributed by atoms with E-state index in [1.165, 1.54) is 6.08 Å². The lowest BCUT2D eigenvalue weighted by Crippen LogP contribution is -2.11. The molecule has 1 aliphatic heterocycles. The Morgan fingerprint density at radius 1 is 1.00 bits per heavy atom. The molecule has 4 rings (SSSR count). The average molecular weight is 465 g/mol. The number of hydrogen-bond acceptors (Lipinski definition) is 6. The molecule has 1 aliphatic rings. The Morgan fingerprint density at radius 3 is 2.55 bits per heavy atom. The maximum Gasteiger partial charge on any atom is 0.345 e. The molecule has 0 amide bonds. The van der Waals surface area contributed by atoms with Crippen molar-refractivity contribution in [1.82, 2.24) is 0 Å². The number of carbonyl (C=O) groups is 2. The lowest BCUT2D eigenvalue weighted by Gasteiger charge is -2.14. The molecule has 0 unspecified atom stereocenters. The van der Waals surface area contributed by atoms with E-state index in [1.807, 2.05) is 13.8 Å². The van der Waals surface area contributed by atoms with Gasteiger partial charge in [0.05, 0.1) is 29.4 Å². The van der Waals surface area contributed by atoms with E-state index < -0.39 is 5.97 Å². The molecule has 3 aromatic rings. The van der Waals surface area contributed by atoms with Crippen molar-refractivity contribution in [3.8, 4) is 23.0 Å². The summed E-state index contributed by atoms with van der Waals surface area (Å²) >= 11 is 6.15. The summed E-state index contributed by atoms with van der Waals surface area (Å²) in [5.41, 5.74) is 1.09. The summed E-state index contributed by atoms with van der Waals surface area (Å²) in [4.78, 5) is 25.7. The van der Waals surface area contributed by atoms with Crippen molar-refractivity contribution in [3.63, 3.8) is 0 Å². The first-order chi connectivity index (χ1) is 16.0. The minimum atomic E-state index is -0.643. The highest BCUT2D eigenvalue weighted by atomic mass is 35.5. The van der Waals surface area contributed by atoms with E-state index in [0.29, 0.717) is 41.6 Å². The fourth-order valence-electron chi connectivity index (χ4n) is 3.36. The number of Topliss-reactive ketones (excluding diaryl/α,β-unsaturated/α-hetero) is 1. The van der Waals surface area contributed by atoms with Crippen LogP contribution in [0.1, 0.15) is 40.1 Å². The zero-order chi connectivity index (χ0) is 23.4. The average Bonchev–Trinajstić information content (AvgIpc) is 3.11. The number of allylic oxidation sites excluding steroid dienone is 1. The standard InChI is InChI=1S/C26H21ClO6/c1-3-30-17-12-13-19-22(15-17)32-23(24(19)28)14-16-8-7-11-21(31-4-2)25(16)33-26(29)18-9-5-6-10-20(18)27/h5-15H,3-4H2,1-2H3/b23-14-. The molecule has 33 heavy (non-hydrogen) atoms. The predicted octanol–water partition coefficient (Wildman–Crippen LogP) is 5.97. The second kappa shape index (κ2) is 9.79. The maximum atomic E-state index is 12.9. The molecule has 0 radical (unpaired) electrons. The second-order valence-corrected chi connectivity index (χ2v) is 7.41. The van der Waals surface area contributed by atoms with Crippen molar-refractivity contribution in [2.45, 2.75) is 13.8 Å². The third-order valence-electron chi connectivity index (χ3n) is 4.84. The summed E-state index contributed by atoms with van der Waals surface area (Å²) in [6.07, 6.45) is 1.53. The maximum absolute atomic E-state index is 12.9. The van der Waals surface area contributed by atoms with Crippen molar-refractivity contribution >= 4 is 29.4 Å². The molecule has 168 valence electrons. The molecule has 1 heterocycles. The number of para-hydroxylation sites is 1. The van der Waals surface area contributed by atoms with Crippen LogP contribution >= 0.6 is 11.6 Å². The van der Waals surface area contributed by atoms with Gasteiger partial charge in [0, 0.05) is 11.6 Å². The van der Waals surface area contributed by atoms with Gasteiger partial charge in [-0.05, 0) is 50.3 Å². The van der Waals surface area contributed by atoms with Gasteiger partial charge in [-0.25, -0.2) is 4.79 Å².